The molecular formula is C8H16PS3+. The molecule has 0 radical (unpaired) electrons. The monoisotopic (exact) mass is 239 g/mol. The van der Waals surface area contributed by atoms with E-state index in [-0.39, 0.29) is 0 Å². The maximum absolute atomic E-state index is 4.97. The van der Waals surface area contributed by atoms with E-state index >= 15 is 0 Å². The maximum atomic E-state index is 4.97. The molecule has 1 aliphatic heterocycles. The lowest BCUT2D eigenvalue weighted by atomic mass is 10.1. The van der Waals surface area contributed by atoms with Gasteiger partial charge in [0.15, 0.2) is 4.87 Å². The number of thiol groups is 1. The van der Waals surface area contributed by atoms with Crippen LogP contribution in [0.3, 0.4) is 0 Å². The molecule has 1 aliphatic carbocycles. The average Bonchev–Trinajstić information content (AvgIpc) is 2.59. The molecule has 2 fully saturated rings. The molecule has 1 saturated carbocycles. The molecular weight excluding hydrogens is 223 g/mol. The Morgan fingerprint density at radius 2 is 1.92 bits per heavy atom. The normalized spacial score (nSPS) is 40.5. The van der Waals surface area contributed by atoms with Crippen LogP contribution in [-0.4, -0.2) is 17.2 Å². The first kappa shape index (κ1) is 10.0. The summed E-state index contributed by atoms with van der Waals surface area (Å²) in [5, 5.41) is 0. The lowest BCUT2D eigenvalue weighted by molar-refractivity contribution is 0.622. The van der Waals surface area contributed by atoms with Crippen LogP contribution >= 0.6 is 39.9 Å². The number of hydrogen-bond donors (Lipinski definition) is 1. The van der Waals surface area contributed by atoms with Gasteiger partial charge in [0, 0.05) is 46.5 Å². The fraction of sp³-hybridized carbons (Fsp3) is 1.00. The van der Waals surface area contributed by atoms with Crippen LogP contribution in [0.5, 0.6) is 0 Å². The summed E-state index contributed by atoms with van der Waals surface area (Å²) in [6.07, 6.45) is 4.36. The third-order valence-electron chi connectivity index (χ3n) is 2.87. The van der Waals surface area contributed by atoms with Crippen LogP contribution < -0.4 is 0 Å². The summed E-state index contributed by atoms with van der Waals surface area (Å²) in [7, 11) is 0. The summed E-state index contributed by atoms with van der Waals surface area (Å²) < 4.78 is 0. The van der Waals surface area contributed by atoms with Gasteiger partial charge in [-0.2, -0.15) is 0 Å². The van der Waals surface area contributed by atoms with Gasteiger partial charge in [0.25, 0.3) is 0 Å². The van der Waals surface area contributed by atoms with Crippen molar-refractivity contribution in [2.45, 2.75) is 31.8 Å². The Kier molecular flexibility index (Phi) is 3.27. The van der Waals surface area contributed by atoms with E-state index in [4.69, 9.17) is 12.2 Å². The Morgan fingerprint density at radius 3 is 2.42 bits per heavy atom. The molecule has 2 rings (SSSR count). The highest BCUT2D eigenvalue weighted by Gasteiger charge is 2.53. The molecule has 0 aromatic rings. The van der Waals surface area contributed by atoms with Gasteiger partial charge in [0.1, 0.15) is 5.66 Å². The predicted octanol–water partition coefficient (Wildman–Crippen LogP) is 4.35. The quantitative estimate of drug-likeness (QED) is 0.534. The highest BCUT2D eigenvalue weighted by molar-refractivity contribution is 9.16. The summed E-state index contributed by atoms with van der Waals surface area (Å²) in [5.41, 5.74) is 0.971. The first-order valence-corrected chi connectivity index (χ1v) is 10.8. The lowest BCUT2D eigenvalue weighted by Gasteiger charge is -2.21. The molecule has 2 unspecified atom stereocenters. The third-order valence-corrected chi connectivity index (χ3v) is 16.1. The summed E-state index contributed by atoms with van der Waals surface area (Å²) in [6, 6.07) is 0. The van der Waals surface area contributed by atoms with Crippen molar-refractivity contribution < 1.29 is 0 Å². The molecule has 0 amide bonds. The third kappa shape index (κ3) is 1.80. The molecule has 0 nitrogen and oxygen atoms in total. The Morgan fingerprint density at radius 1 is 1.25 bits per heavy atom. The Balaban J connectivity index is 2.06. The van der Waals surface area contributed by atoms with Gasteiger partial charge in [-0.1, -0.05) is 6.92 Å². The zero-order valence-electron chi connectivity index (χ0n) is 7.40. The summed E-state index contributed by atoms with van der Waals surface area (Å²) in [5.74, 6) is 3.66. The van der Waals surface area contributed by atoms with Crippen LogP contribution in [0.1, 0.15) is 26.2 Å². The molecule has 2 atom stereocenters. The first-order valence-electron chi connectivity index (χ1n) is 4.63. The van der Waals surface area contributed by atoms with Crippen LogP contribution in [0.4, 0.5) is 0 Å². The lowest BCUT2D eigenvalue weighted by Crippen LogP contribution is -2.08. The molecule has 12 heavy (non-hydrogen) atoms. The summed E-state index contributed by atoms with van der Waals surface area (Å²) >= 11 is 9.34. The minimum Gasteiger partial charge on any atom is -0.0587 e. The van der Waals surface area contributed by atoms with E-state index in [1.54, 1.807) is 0 Å². The van der Waals surface area contributed by atoms with Crippen molar-refractivity contribution in [3.05, 3.63) is 0 Å². The second-order valence-corrected chi connectivity index (χ2v) is 16.0. The second-order valence-electron chi connectivity index (χ2n) is 3.71. The zero-order valence-corrected chi connectivity index (χ0v) is 10.8. The number of rotatable bonds is 1. The predicted molar refractivity (Wildman–Crippen MR) is 67.6 cm³/mol. The smallest absolute Gasteiger partial charge is 0.0587 e. The first-order chi connectivity index (χ1) is 5.72. The highest BCUT2D eigenvalue weighted by atomic mass is 33.4. The van der Waals surface area contributed by atoms with Crippen LogP contribution in [0.2, 0.25) is 0 Å². The molecule has 0 bridgehead atoms. The van der Waals surface area contributed by atoms with Gasteiger partial charge in [0.2, 0.25) is 0 Å². The van der Waals surface area contributed by atoms with Gasteiger partial charge < -0.3 is 0 Å². The van der Waals surface area contributed by atoms with Crippen LogP contribution in [0, 0.1) is 5.92 Å². The van der Waals surface area contributed by atoms with E-state index in [1.807, 2.05) is 0 Å². The van der Waals surface area contributed by atoms with E-state index in [0.29, 0.717) is 0 Å². The molecule has 1 saturated heterocycles. The molecule has 0 spiro atoms. The van der Waals surface area contributed by atoms with Gasteiger partial charge >= 0.3 is 0 Å². The molecule has 0 aromatic carbocycles. The SMILES string of the molecule is CC1CCCC1[P+]1(S)SCCS1. The Labute approximate surface area is 89.0 Å². The van der Waals surface area contributed by atoms with Gasteiger partial charge in [-0.3, -0.25) is 0 Å². The summed E-state index contributed by atoms with van der Waals surface area (Å²) in [4.78, 5) is -0.896. The van der Waals surface area contributed by atoms with Crippen molar-refractivity contribution in [3.63, 3.8) is 0 Å². The minimum absolute atomic E-state index is 0.896. The van der Waals surface area contributed by atoms with Crippen molar-refractivity contribution in [2.24, 2.45) is 5.92 Å². The van der Waals surface area contributed by atoms with Crippen molar-refractivity contribution in [3.8, 4) is 0 Å². The van der Waals surface area contributed by atoms with Gasteiger partial charge in [0.05, 0.1) is 0 Å². The maximum Gasteiger partial charge on any atom is 0.190 e. The highest BCUT2D eigenvalue weighted by Crippen LogP contribution is 2.90. The van der Waals surface area contributed by atoms with E-state index in [0.717, 1.165) is 11.6 Å². The zero-order chi connectivity index (χ0) is 8.60. The van der Waals surface area contributed by atoms with Crippen molar-refractivity contribution in [1.82, 2.24) is 0 Å². The van der Waals surface area contributed by atoms with E-state index in [9.17, 15) is 0 Å². The molecule has 2 aliphatic rings. The van der Waals surface area contributed by atoms with E-state index < -0.39 is 4.87 Å². The molecule has 0 aromatic heterocycles. The molecule has 0 N–H and O–H groups in total. The van der Waals surface area contributed by atoms with Crippen molar-refractivity contribution in [2.75, 3.05) is 11.5 Å². The largest absolute Gasteiger partial charge is 0.190 e. The molecule has 70 valence electrons. The second kappa shape index (κ2) is 3.92. The van der Waals surface area contributed by atoms with Gasteiger partial charge in [-0.05, 0) is 25.2 Å². The van der Waals surface area contributed by atoms with Crippen LogP contribution in [0.15, 0.2) is 0 Å². The molecule has 4 heteroatoms. The average molecular weight is 239 g/mol. The minimum atomic E-state index is -0.896. The van der Waals surface area contributed by atoms with Crippen molar-refractivity contribution in [1.29, 1.82) is 0 Å². The topological polar surface area (TPSA) is 0 Å². The van der Waals surface area contributed by atoms with Crippen LogP contribution in [0.25, 0.3) is 0 Å². The van der Waals surface area contributed by atoms with E-state index in [2.05, 4.69) is 29.7 Å². The summed E-state index contributed by atoms with van der Waals surface area (Å²) in [6.45, 7) is 2.43. The fourth-order valence-corrected chi connectivity index (χ4v) is 15.7. The van der Waals surface area contributed by atoms with E-state index in [1.165, 1.54) is 30.8 Å². The van der Waals surface area contributed by atoms with Gasteiger partial charge in [-0.15, -0.1) is 0 Å². The van der Waals surface area contributed by atoms with Crippen LogP contribution in [-0.2, 0) is 0 Å². The fourth-order valence-electron chi connectivity index (χ4n) is 2.18. The standard InChI is InChI=1S/C8H16PS3/c1-7-3-2-4-8(7)9(10)11-5-6-12-9/h7-8,10H,2-6H2,1H3/q+1. The Hall–Kier alpha value is 1.48. The molecule has 1 heterocycles. The van der Waals surface area contributed by atoms with Crippen molar-refractivity contribution >= 4 is 39.9 Å². The van der Waals surface area contributed by atoms with Gasteiger partial charge in [-0.25, -0.2) is 0 Å². The Bertz CT molecular complexity index is 168. The number of hydrogen-bond acceptors (Lipinski definition) is 3.